The van der Waals surface area contributed by atoms with E-state index in [1.54, 1.807) is 19.1 Å². The van der Waals surface area contributed by atoms with Gasteiger partial charge in [0.25, 0.3) is 0 Å². The highest BCUT2D eigenvalue weighted by atomic mass is 16.5. The number of carbonyl (C=O) groups is 3. The second-order valence-corrected chi connectivity index (χ2v) is 9.12. The van der Waals surface area contributed by atoms with Gasteiger partial charge in [-0.25, -0.2) is 0 Å². The summed E-state index contributed by atoms with van der Waals surface area (Å²) < 4.78 is 5.29. The van der Waals surface area contributed by atoms with Crippen molar-refractivity contribution in [2.24, 2.45) is 0 Å². The van der Waals surface area contributed by atoms with Gasteiger partial charge >= 0.3 is 0 Å². The Labute approximate surface area is 206 Å². The maximum atomic E-state index is 13.9. The molecule has 0 N–H and O–H groups in total. The third-order valence-electron chi connectivity index (χ3n) is 6.69. The molecule has 0 spiro atoms. The highest BCUT2D eigenvalue weighted by Crippen LogP contribution is 2.42. The van der Waals surface area contributed by atoms with E-state index in [0.717, 1.165) is 22.3 Å². The molecule has 1 saturated heterocycles. The molecule has 1 unspecified atom stereocenters. The molecule has 0 aliphatic carbocycles. The summed E-state index contributed by atoms with van der Waals surface area (Å²) in [5, 5.41) is 0. The molecule has 3 aromatic carbocycles. The molecule has 1 atom stereocenters. The van der Waals surface area contributed by atoms with Gasteiger partial charge in [-0.3, -0.25) is 19.3 Å². The Morgan fingerprint density at radius 3 is 2.37 bits per heavy atom. The number of hydrogen-bond acceptors (Lipinski definition) is 4. The SMILES string of the molecule is COc1cccc(CN(C)C(=O)CC2(c3ccccc3C)CC(=O)N(Cc3ccccc3)C2=O)c1. The maximum absolute atomic E-state index is 13.9. The van der Waals surface area contributed by atoms with Crippen LogP contribution < -0.4 is 4.74 Å². The predicted octanol–water partition coefficient (Wildman–Crippen LogP) is 4.25. The number of ether oxygens (including phenoxy) is 1. The smallest absolute Gasteiger partial charge is 0.241 e. The molecule has 0 aromatic heterocycles. The number of rotatable bonds is 8. The van der Waals surface area contributed by atoms with Crippen LogP contribution in [0.25, 0.3) is 0 Å². The molecular formula is C29H30N2O4. The number of methoxy groups -OCH3 is 1. The summed E-state index contributed by atoms with van der Waals surface area (Å²) in [5.41, 5.74) is 2.19. The first kappa shape index (κ1) is 24.2. The van der Waals surface area contributed by atoms with Gasteiger partial charge in [0.1, 0.15) is 5.75 Å². The highest BCUT2D eigenvalue weighted by molar-refractivity contribution is 6.10. The molecule has 1 aliphatic rings. The van der Waals surface area contributed by atoms with Gasteiger partial charge in [0.2, 0.25) is 17.7 Å². The van der Waals surface area contributed by atoms with E-state index in [4.69, 9.17) is 4.74 Å². The number of likely N-dealkylation sites (tertiary alicyclic amines) is 1. The quantitative estimate of drug-likeness (QED) is 0.462. The normalized spacial score (nSPS) is 17.5. The first-order valence-corrected chi connectivity index (χ1v) is 11.7. The Kier molecular flexibility index (Phi) is 7.01. The van der Waals surface area contributed by atoms with E-state index < -0.39 is 5.41 Å². The summed E-state index contributed by atoms with van der Waals surface area (Å²) in [5.74, 6) is -0.0548. The van der Waals surface area contributed by atoms with Crippen molar-refractivity contribution in [1.29, 1.82) is 0 Å². The lowest BCUT2D eigenvalue weighted by atomic mass is 9.74. The molecular weight excluding hydrogens is 440 g/mol. The highest BCUT2D eigenvalue weighted by Gasteiger charge is 2.54. The minimum absolute atomic E-state index is 0.0255. The molecule has 6 nitrogen and oxygen atoms in total. The van der Waals surface area contributed by atoms with E-state index in [2.05, 4.69) is 0 Å². The predicted molar refractivity (Wildman–Crippen MR) is 134 cm³/mol. The number of nitrogens with zero attached hydrogens (tertiary/aromatic N) is 2. The fraction of sp³-hybridized carbons (Fsp3) is 0.276. The Bertz CT molecular complexity index is 1240. The minimum Gasteiger partial charge on any atom is -0.497 e. The maximum Gasteiger partial charge on any atom is 0.241 e. The molecule has 180 valence electrons. The number of aryl methyl sites for hydroxylation is 1. The topological polar surface area (TPSA) is 66.9 Å². The van der Waals surface area contributed by atoms with E-state index in [1.807, 2.05) is 85.8 Å². The summed E-state index contributed by atoms with van der Waals surface area (Å²) >= 11 is 0. The van der Waals surface area contributed by atoms with Crippen LogP contribution in [-0.2, 0) is 32.9 Å². The summed E-state index contributed by atoms with van der Waals surface area (Å²) in [6.45, 7) is 2.48. The molecule has 35 heavy (non-hydrogen) atoms. The Balaban J connectivity index is 1.63. The van der Waals surface area contributed by atoms with Crippen molar-refractivity contribution in [2.45, 2.75) is 38.3 Å². The van der Waals surface area contributed by atoms with Crippen LogP contribution in [0.3, 0.4) is 0 Å². The fourth-order valence-corrected chi connectivity index (χ4v) is 4.81. The van der Waals surface area contributed by atoms with E-state index in [-0.39, 0.29) is 37.1 Å². The van der Waals surface area contributed by atoms with Gasteiger partial charge in [-0.05, 0) is 41.3 Å². The first-order valence-electron chi connectivity index (χ1n) is 11.7. The fourth-order valence-electron chi connectivity index (χ4n) is 4.81. The number of imide groups is 1. The second kappa shape index (κ2) is 10.1. The standard InChI is InChI=1S/C29H30N2O4/c1-21-10-7-8-15-25(21)29(17-26(32)30(2)19-23-13-9-14-24(16-23)35-3)18-27(33)31(28(29)34)20-22-11-5-4-6-12-22/h4-16H,17-20H2,1-3H3. The lowest BCUT2D eigenvalue weighted by molar-refractivity contribution is -0.143. The van der Waals surface area contributed by atoms with E-state index in [1.165, 1.54) is 4.90 Å². The second-order valence-electron chi connectivity index (χ2n) is 9.12. The summed E-state index contributed by atoms with van der Waals surface area (Å²) in [6, 6.07) is 24.5. The molecule has 0 saturated carbocycles. The van der Waals surface area contributed by atoms with Crippen LogP contribution in [0.5, 0.6) is 5.75 Å². The van der Waals surface area contributed by atoms with Crippen LogP contribution in [0.1, 0.15) is 35.1 Å². The minimum atomic E-state index is -1.23. The van der Waals surface area contributed by atoms with Crippen molar-refractivity contribution in [3.8, 4) is 5.75 Å². The van der Waals surface area contributed by atoms with Crippen molar-refractivity contribution < 1.29 is 19.1 Å². The average molecular weight is 471 g/mol. The number of benzene rings is 3. The lowest BCUT2D eigenvalue weighted by Gasteiger charge is -2.30. The van der Waals surface area contributed by atoms with Crippen molar-refractivity contribution in [3.63, 3.8) is 0 Å². The monoisotopic (exact) mass is 470 g/mol. The van der Waals surface area contributed by atoms with Gasteiger partial charge in [0.05, 0.1) is 19.1 Å². The molecule has 4 rings (SSSR count). The largest absolute Gasteiger partial charge is 0.497 e. The zero-order chi connectivity index (χ0) is 25.0. The van der Waals surface area contributed by atoms with Gasteiger partial charge in [0.15, 0.2) is 0 Å². The molecule has 6 heteroatoms. The van der Waals surface area contributed by atoms with Crippen LogP contribution in [0.4, 0.5) is 0 Å². The van der Waals surface area contributed by atoms with Crippen LogP contribution in [-0.4, -0.2) is 41.7 Å². The zero-order valence-electron chi connectivity index (χ0n) is 20.4. The summed E-state index contributed by atoms with van der Waals surface area (Å²) in [4.78, 5) is 43.5. The third kappa shape index (κ3) is 4.97. The molecule has 0 radical (unpaired) electrons. The third-order valence-corrected chi connectivity index (χ3v) is 6.69. The number of hydrogen-bond donors (Lipinski definition) is 0. The van der Waals surface area contributed by atoms with Crippen LogP contribution in [0.2, 0.25) is 0 Å². The number of amides is 3. The van der Waals surface area contributed by atoms with E-state index >= 15 is 0 Å². The van der Waals surface area contributed by atoms with Crippen molar-refractivity contribution >= 4 is 17.7 Å². The van der Waals surface area contributed by atoms with Crippen LogP contribution in [0.15, 0.2) is 78.9 Å². The lowest BCUT2D eigenvalue weighted by Crippen LogP contribution is -2.42. The van der Waals surface area contributed by atoms with Gasteiger partial charge < -0.3 is 9.64 Å². The Morgan fingerprint density at radius 2 is 1.66 bits per heavy atom. The van der Waals surface area contributed by atoms with Gasteiger partial charge in [-0.15, -0.1) is 0 Å². The van der Waals surface area contributed by atoms with Crippen molar-refractivity contribution in [2.75, 3.05) is 14.2 Å². The van der Waals surface area contributed by atoms with E-state index in [0.29, 0.717) is 12.3 Å². The summed E-state index contributed by atoms with van der Waals surface area (Å²) in [6.07, 6.45) is -0.101. The molecule has 1 fully saturated rings. The van der Waals surface area contributed by atoms with Gasteiger partial charge in [-0.1, -0.05) is 66.7 Å². The van der Waals surface area contributed by atoms with Gasteiger partial charge in [0, 0.05) is 26.4 Å². The first-order chi connectivity index (χ1) is 16.8. The van der Waals surface area contributed by atoms with E-state index in [9.17, 15) is 14.4 Å². The van der Waals surface area contributed by atoms with Crippen LogP contribution in [0, 0.1) is 6.92 Å². The molecule has 3 aromatic rings. The Morgan fingerprint density at radius 1 is 0.971 bits per heavy atom. The van der Waals surface area contributed by atoms with Gasteiger partial charge in [-0.2, -0.15) is 0 Å². The van der Waals surface area contributed by atoms with Crippen LogP contribution >= 0.6 is 0 Å². The zero-order valence-corrected chi connectivity index (χ0v) is 20.4. The Hall–Kier alpha value is -3.93. The van der Waals surface area contributed by atoms with Crippen molar-refractivity contribution in [1.82, 2.24) is 9.80 Å². The molecule has 3 amide bonds. The van der Waals surface area contributed by atoms with Crippen molar-refractivity contribution in [3.05, 3.63) is 101 Å². The average Bonchev–Trinajstić information content (AvgIpc) is 3.09. The molecule has 1 aliphatic heterocycles. The summed E-state index contributed by atoms with van der Waals surface area (Å²) in [7, 11) is 3.32. The molecule has 0 bridgehead atoms. The number of carbonyl (C=O) groups excluding carboxylic acids is 3. The molecule has 1 heterocycles.